The number of hydrogen-bond acceptors (Lipinski definition) is 6. The van der Waals surface area contributed by atoms with E-state index in [4.69, 9.17) is 0 Å². The minimum atomic E-state index is -0.101. The van der Waals surface area contributed by atoms with Crippen LogP contribution in [0.3, 0.4) is 0 Å². The molecule has 3 aromatic heterocycles. The van der Waals surface area contributed by atoms with E-state index in [1.54, 1.807) is 0 Å². The molecule has 8 heteroatoms. The molecule has 1 N–H and O–H groups in total. The van der Waals surface area contributed by atoms with Crippen LogP contribution in [0.4, 0.5) is 0 Å². The Hall–Kier alpha value is -3.23. The quantitative estimate of drug-likeness (QED) is 0.379. The standard InChI is InChI=1S/C23H19N5OS2/c1-14-6-8-17(9-7-14)28-21(16-5-3-4-15(2)12-16)26-27-23(28)31-13-19-24-18-10-11-30-20(18)22(29)25-19/h3-12H,13H2,1-2H3,(H,24,25,29). The summed E-state index contributed by atoms with van der Waals surface area (Å²) in [7, 11) is 0. The van der Waals surface area contributed by atoms with Gasteiger partial charge in [-0.15, -0.1) is 21.5 Å². The lowest BCUT2D eigenvalue weighted by Gasteiger charge is -2.11. The number of rotatable bonds is 5. The summed E-state index contributed by atoms with van der Waals surface area (Å²) in [6, 6.07) is 18.4. The highest BCUT2D eigenvalue weighted by molar-refractivity contribution is 7.98. The summed E-state index contributed by atoms with van der Waals surface area (Å²) < 4.78 is 2.71. The van der Waals surface area contributed by atoms with Gasteiger partial charge in [-0.05, 0) is 43.5 Å². The molecule has 0 saturated heterocycles. The molecular formula is C23H19N5OS2. The minimum absolute atomic E-state index is 0.101. The second-order valence-electron chi connectivity index (χ2n) is 7.28. The van der Waals surface area contributed by atoms with Crippen molar-refractivity contribution in [3.63, 3.8) is 0 Å². The summed E-state index contributed by atoms with van der Waals surface area (Å²) in [4.78, 5) is 19.7. The zero-order chi connectivity index (χ0) is 21.4. The summed E-state index contributed by atoms with van der Waals surface area (Å²) >= 11 is 2.90. The van der Waals surface area contributed by atoms with E-state index in [2.05, 4.69) is 75.0 Å². The molecule has 0 amide bonds. The van der Waals surface area contributed by atoms with Gasteiger partial charge in [0.2, 0.25) is 0 Å². The molecule has 0 aliphatic heterocycles. The van der Waals surface area contributed by atoms with Gasteiger partial charge in [-0.25, -0.2) is 4.98 Å². The first-order valence-corrected chi connectivity index (χ1v) is 11.6. The van der Waals surface area contributed by atoms with Gasteiger partial charge in [0.15, 0.2) is 11.0 Å². The Morgan fingerprint density at radius 2 is 1.87 bits per heavy atom. The number of aromatic amines is 1. The van der Waals surface area contributed by atoms with Gasteiger partial charge >= 0.3 is 0 Å². The van der Waals surface area contributed by atoms with Crippen LogP contribution in [0, 0.1) is 13.8 Å². The molecule has 2 aromatic carbocycles. The monoisotopic (exact) mass is 445 g/mol. The van der Waals surface area contributed by atoms with Gasteiger partial charge in [0.05, 0.1) is 11.3 Å². The number of thiophene rings is 1. The first-order valence-electron chi connectivity index (χ1n) is 9.77. The number of aromatic nitrogens is 5. The van der Waals surface area contributed by atoms with E-state index in [9.17, 15) is 4.79 Å². The normalized spacial score (nSPS) is 11.3. The lowest BCUT2D eigenvalue weighted by Crippen LogP contribution is -2.09. The number of fused-ring (bicyclic) bond motifs is 1. The van der Waals surface area contributed by atoms with Crippen molar-refractivity contribution >= 4 is 33.3 Å². The highest BCUT2D eigenvalue weighted by Crippen LogP contribution is 2.30. The molecule has 0 aliphatic carbocycles. The molecule has 3 heterocycles. The maximum atomic E-state index is 12.3. The van der Waals surface area contributed by atoms with Gasteiger partial charge in [-0.3, -0.25) is 9.36 Å². The van der Waals surface area contributed by atoms with Crippen LogP contribution >= 0.6 is 23.1 Å². The number of hydrogen-bond donors (Lipinski definition) is 1. The van der Waals surface area contributed by atoms with Gasteiger partial charge in [0, 0.05) is 11.3 Å². The van der Waals surface area contributed by atoms with Crippen LogP contribution in [0.5, 0.6) is 0 Å². The lowest BCUT2D eigenvalue weighted by atomic mass is 10.1. The molecule has 0 saturated carbocycles. The third-order valence-electron chi connectivity index (χ3n) is 4.90. The summed E-state index contributed by atoms with van der Waals surface area (Å²) in [5.74, 6) is 1.89. The van der Waals surface area contributed by atoms with Crippen molar-refractivity contribution in [2.75, 3.05) is 0 Å². The second kappa shape index (κ2) is 8.13. The number of benzene rings is 2. The molecule has 5 rings (SSSR count). The molecule has 0 radical (unpaired) electrons. The number of thioether (sulfide) groups is 1. The molecular weight excluding hydrogens is 426 g/mol. The van der Waals surface area contributed by atoms with Crippen LogP contribution in [-0.4, -0.2) is 24.7 Å². The van der Waals surface area contributed by atoms with Crippen LogP contribution < -0.4 is 5.56 Å². The lowest BCUT2D eigenvalue weighted by molar-refractivity contribution is 0.883. The highest BCUT2D eigenvalue weighted by Gasteiger charge is 2.17. The molecule has 0 spiro atoms. The molecule has 0 unspecified atom stereocenters. The van der Waals surface area contributed by atoms with Crippen molar-refractivity contribution in [3.8, 4) is 17.1 Å². The van der Waals surface area contributed by atoms with E-state index < -0.39 is 0 Å². The van der Waals surface area contributed by atoms with Gasteiger partial charge in [-0.2, -0.15) is 0 Å². The van der Waals surface area contributed by atoms with Crippen molar-refractivity contribution in [1.29, 1.82) is 0 Å². The average Bonchev–Trinajstić information content (AvgIpc) is 3.40. The first kappa shape index (κ1) is 19.7. The number of nitrogens with one attached hydrogen (secondary N) is 1. The highest BCUT2D eigenvalue weighted by atomic mass is 32.2. The Balaban J connectivity index is 1.54. The molecule has 0 fully saturated rings. The van der Waals surface area contributed by atoms with Crippen LogP contribution in [0.25, 0.3) is 27.3 Å². The van der Waals surface area contributed by atoms with Gasteiger partial charge < -0.3 is 4.98 Å². The summed E-state index contributed by atoms with van der Waals surface area (Å²) in [5, 5.41) is 11.6. The predicted octanol–water partition coefficient (Wildman–Crippen LogP) is 5.14. The van der Waals surface area contributed by atoms with Gasteiger partial charge in [0.1, 0.15) is 10.5 Å². The number of aryl methyl sites for hydroxylation is 2. The van der Waals surface area contributed by atoms with Gasteiger partial charge in [-0.1, -0.05) is 53.2 Å². The van der Waals surface area contributed by atoms with Crippen LogP contribution in [0.15, 0.2) is 69.9 Å². The molecule has 0 bridgehead atoms. The van der Waals surface area contributed by atoms with Crippen molar-refractivity contribution in [2.45, 2.75) is 24.8 Å². The van der Waals surface area contributed by atoms with E-state index in [1.807, 2.05) is 23.6 Å². The summed E-state index contributed by atoms with van der Waals surface area (Å²) in [6.45, 7) is 4.13. The molecule has 6 nitrogen and oxygen atoms in total. The Kier molecular flexibility index (Phi) is 5.17. The van der Waals surface area contributed by atoms with E-state index in [0.29, 0.717) is 16.3 Å². The molecule has 0 aliphatic rings. The van der Waals surface area contributed by atoms with Crippen molar-refractivity contribution in [3.05, 3.63) is 87.3 Å². The van der Waals surface area contributed by atoms with Crippen LogP contribution in [0.1, 0.15) is 17.0 Å². The van der Waals surface area contributed by atoms with Crippen LogP contribution in [-0.2, 0) is 5.75 Å². The van der Waals surface area contributed by atoms with Gasteiger partial charge in [0.25, 0.3) is 5.56 Å². The number of nitrogens with zero attached hydrogens (tertiary/aromatic N) is 4. The smallest absolute Gasteiger partial charge is 0.268 e. The van der Waals surface area contributed by atoms with E-state index in [1.165, 1.54) is 28.7 Å². The Labute approximate surface area is 187 Å². The van der Waals surface area contributed by atoms with E-state index >= 15 is 0 Å². The fraction of sp³-hybridized carbons (Fsp3) is 0.130. The van der Waals surface area contributed by atoms with Crippen molar-refractivity contribution in [2.24, 2.45) is 0 Å². The Morgan fingerprint density at radius 3 is 2.68 bits per heavy atom. The van der Waals surface area contributed by atoms with Crippen LogP contribution in [0.2, 0.25) is 0 Å². The molecule has 154 valence electrons. The molecule has 5 aromatic rings. The van der Waals surface area contributed by atoms with E-state index in [0.717, 1.165) is 33.3 Å². The topological polar surface area (TPSA) is 76.5 Å². The van der Waals surface area contributed by atoms with Crippen molar-refractivity contribution in [1.82, 2.24) is 24.7 Å². The fourth-order valence-electron chi connectivity index (χ4n) is 3.38. The predicted molar refractivity (Wildman–Crippen MR) is 126 cm³/mol. The third kappa shape index (κ3) is 3.92. The maximum absolute atomic E-state index is 12.3. The zero-order valence-electron chi connectivity index (χ0n) is 17.0. The zero-order valence-corrected chi connectivity index (χ0v) is 18.6. The average molecular weight is 446 g/mol. The second-order valence-corrected chi connectivity index (χ2v) is 9.14. The molecule has 31 heavy (non-hydrogen) atoms. The fourth-order valence-corrected chi connectivity index (χ4v) is 4.93. The molecule has 0 atom stereocenters. The maximum Gasteiger partial charge on any atom is 0.268 e. The first-order chi connectivity index (χ1) is 15.1. The largest absolute Gasteiger partial charge is 0.309 e. The number of H-pyrrole nitrogens is 1. The minimum Gasteiger partial charge on any atom is -0.309 e. The summed E-state index contributed by atoms with van der Waals surface area (Å²) in [6.07, 6.45) is 0. The Bertz CT molecular complexity index is 1430. The van der Waals surface area contributed by atoms with E-state index in [-0.39, 0.29) is 5.56 Å². The van der Waals surface area contributed by atoms with Crippen molar-refractivity contribution < 1.29 is 0 Å². The Morgan fingerprint density at radius 1 is 1.03 bits per heavy atom. The SMILES string of the molecule is Cc1ccc(-n2c(SCc3nc4ccsc4c(=O)[nH]3)nnc2-c2cccc(C)c2)cc1. The third-order valence-corrected chi connectivity index (χ3v) is 6.75. The summed E-state index contributed by atoms with van der Waals surface area (Å²) in [5.41, 5.74) is 4.97.